The zero-order chi connectivity index (χ0) is 21.6. The van der Waals surface area contributed by atoms with Gasteiger partial charge in [0.25, 0.3) is 0 Å². The van der Waals surface area contributed by atoms with Crippen LogP contribution >= 0.6 is 39.1 Å². The lowest BCUT2D eigenvalue weighted by Gasteiger charge is -2.29. The Hall–Kier alpha value is -1.56. The molecule has 1 N–H and O–H groups in total. The highest BCUT2D eigenvalue weighted by Crippen LogP contribution is 2.26. The van der Waals surface area contributed by atoms with Gasteiger partial charge in [-0.2, -0.15) is 0 Å². The maximum absolute atomic E-state index is 13.2. The lowest BCUT2D eigenvalue weighted by Crippen LogP contribution is -2.48. The zero-order valence-corrected chi connectivity index (χ0v) is 19.8. The maximum atomic E-state index is 13.2. The number of rotatable bonds is 8. The number of halogens is 3. The highest BCUT2D eigenvalue weighted by atomic mass is 79.9. The van der Waals surface area contributed by atoms with E-state index in [4.69, 9.17) is 23.2 Å². The van der Waals surface area contributed by atoms with E-state index >= 15 is 0 Å². The molecule has 1 atom stereocenters. The minimum atomic E-state index is -0.638. The molecule has 0 aliphatic carbocycles. The molecular weight excluding hydrogens is 475 g/mol. The van der Waals surface area contributed by atoms with Crippen molar-refractivity contribution < 1.29 is 9.59 Å². The molecule has 2 rings (SSSR count). The molecule has 0 aliphatic heterocycles. The lowest BCUT2D eigenvalue weighted by molar-refractivity contribution is -0.140. The van der Waals surface area contributed by atoms with E-state index in [1.807, 2.05) is 38.1 Å². The van der Waals surface area contributed by atoms with Crippen LogP contribution in [0.15, 0.2) is 46.9 Å². The van der Waals surface area contributed by atoms with Gasteiger partial charge in [0.2, 0.25) is 11.8 Å². The second-order valence-corrected chi connectivity index (χ2v) is 9.07. The van der Waals surface area contributed by atoms with Crippen LogP contribution in [0.3, 0.4) is 0 Å². The largest absolute Gasteiger partial charge is 0.354 e. The molecule has 2 aromatic rings. The number of carbonyl (C=O) groups is 2. The van der Waals surface area contributed by atoms with Gasteiger partial charge in [0.05, 0.1) is 6.42 Å². The first-order valence-corrected chi connectivity index (χ1v) is 11.0. The fraction of sp³-hybridized carbons (Fsp3) is 0.364. The predicted octanol–water partition coefficient (Wildman–Crippen LogP) is 5.49. The highest BCUT2D eigenvalue weighted by molar-refractivity contribution is 9.10. The smallest absolute Gasteiger partial charge is 0.242 e. The molecule has 0 saturated heterocycles. The van der Waals surface area contributed by atoms with Gasteiger partial charge in [-0.3, -0.25) is 9.59 Å². The second-order valence-electron chi connectivity index (χ2n) is 7.34. The molecule has 2 aromatic carbocycles. The molecule has 2 amide bonds. The molecule has 156 valence electrons. The summed E-state index contributed by atoms with van der Waals surface area (Å²) in [5, 5.41) is 3.78. The van der Waals surface area contributed by atoms with Crippen molar-refractivity contribution >= 4 is 50.9 Å². The van der Waals surface area contributed by atoms with Gasteiger partial charge in [0.15, 0.2) is 0 Å². The number of nitrogens with one attached hydrogen (secondary N) is 1. The molecule has 0 fully saturated rings. The van der Waals surface area contributed by atoms with Crippen molar-refractivity contribution in [3.05, 3.63) is 68.1 Å². The quantitative estimate of drug-likeness (QED) is 0.522. The Morgan fingerprint density at radius 3 is 2.28 bits per heavy atom. The number of carbonyl (C=O) groups excluding carboxylic acids is 2. The van der Waals surface area contributed by atoms with Crippen molar-refractivity contribution in [2.45, 2.75) is 39.8 Å². The van der Waals surface area contributed by atoms with E-state index in [0.717, 1.165) is 10.0 Å². The Kier molecular flexibility index (Phi) is 9.00. The Labute approximate surface area is 190 Å². The molecule has 0 unspecified atom stereocenters. The Balaban J connectivity index is 2.27. The van der Waals surface area contributed by atoms with Gasteiger partial charge in [0.1, 0.15) is 6.04 Å². The van der Waals surface area contributed by atoms with Crippen LogP contribution in [0.1, 0.15) is 31.9 Å². The predicted molar refractivity (Wildman–Crippen MR) is 122 cm³/mol. The van der Waals surface area contributed by atoms with E-state index in [1.54, 1.807) is 30.0 Å². The Morgan fingerprint density at radius 2 is 1.69 bits per heavy atom. The molecule has 4 nitrogen and oxygen atoms in total. The van der Waals surface area contributed by atoms with Gasteiger partial charge in [-0.15, -0.1) is 0 Å². The molecule has 0 bridgehead atoms. The first-order chi connectivity index (χ1) is 13.7. The summed E-state index contributed by atoms with van der Waals surface area (Å²) < 4.78 is 0.911. The van der Waals surface area contributed by atoms with Gasteiger partial charge in [-0.25, -0.2) is 0 Å². The number of hydrogen-bond donors (Lipinski definition) is 1. The summed E-state index contributed by atoms with van der Waals surface area (Å²) in [7, 11) is 0. The summed E-state index contributed by atoms with van der Waals surface area (Å²) in [6, 6.07) is 12.2. The first kappa shape index (κ1) is 23.7. The topological polar surface area (TPSA) is 49.4 Å². The number of hydrogen-bond acceptors (Lipinski definition) is 2. The molecule has 0 heterocycles. The summed E-state index contributed by atoms with van der Waals surface area (Å²) in [6.07, 6.45) is 0.0221. The van der Waals surface area contributed by atoms with E-state index in [0.29, 0.717) is 34.6 Å². The summed E-state index contributed by atoms with van der Waals surface area (Å²) in [4.78, 5) is 27.4. The van der Waals surface area contributed by atoms with Crippen molar-refractivity contribution in [2.75, 3.05) is 6.54 Å². The maximum Gasteiger partial charge on any atom is 0.242 e. The third-order valence-electron chi connectivity index (χ3n) is 4.48. The Bertz CT molecular complexity index is 853. The summed E-state index contributed by atoms with van der Waals surface area (Å²) >= 11 is 15.9. The third kappa shape index (κ3) is 7.02. The minimum Gasteiger partial charge on any atom is -0.354 e. The SMILES string of the molecule is CC(C)CNC(=O)[C@@H](C)N(Cc1cccc(Br)c1)C(=O)Cc1c(Cl)cccc1Cl. The molecular formula is C22H25BrCl2N2O2. The van der Waals surface area contributed by atoms with Gasteiger partial charge in [-0.1, -0.05) is 71.2 Å². The van der Waals surface area contributed by atoms with Gasteiger partial charge < -0.3 is 10.2 Å². The average molecular weight is 500 g/mol. The summed E-state index contributed by atoms with van der Waals surface area (Å²) in [5.74, 6) is -0.0817. The van der Waals surface area contributed by atoms with E-state index in [1.165, 1.54) is 0 Å². The first-order valence-electron chi connectivity index (χ1n) is 9.43. The minimum absolute atomic E-state index is 0.0221. The van der Waals surface area contributed by atoms with Gasteiger partial charge >= 0.3 is 0 Å². The standard InChI is InChI=1S/C22H25BrCl2N2O2/c1-14(2)12-26-22(29)15(3)27(13-16-6-4-7-17(23)10-16)21(28)11-18-19(24)8-5-9-20(18)25/h4-10,14-15H,11-13H2,1-3H3,(H,26,29)/t15-/m1/s1. The van der Waals surface area contributed by atoms with Crippen LogP contribution in [0.4, 0.5) is 0 Å². The molecule has 29 heavy (non-hydrogen) atoms. The van der Waals surface area contributed by atoms with Crippen LogP contribution < -0.4 is 5.32 Å². The number of nitrogens with zero attached hydrogens (tertiary/aromatic N) is 1. The average Bonchev–Trinajstić information content (AvgIpc) is 2.66. The van der Waals surface area contributed by atoms with Crippen molar-refractivity contribution in [1.82, 2.24) is 10.2 Å². The molecule has 7 heteroatoms. The number of amides is 2. The molecule has 0 saturated carbocycles. The Morgan fingerprint density at radius 1 is 1.07 bits per heavy atom. The monoisotopic (exact) mass is 498 g/mol. The lowest BCUT2D eigenvalue weighted by atomic mass is 10.1. The summed E-state index contributed by atoms with van der Waals surface area (Å²) in [5.41, 5.74) is 1.48. The molecule has 0 radical (unpaired) electrons. The molecule has 0 spiro atoms. The normalized spacial score (nSPS) is 12.0. The van der Waals surface area contributed by atoms with E-state index in [9.17, 15) is 9.59 Å². The molecule has 0 aliphatic rings. The fourth-order valence-electron chi connectivity index (χ4n) is 2.82. The zero-order valence-electron chi connectivity index (χ0n) is 16.7. The summed E-state index contributed by atoms with van der Waals surface area (Å²) in [6.45, 7) is 6.64. The van der Waals surface area contributed by atoms with Crippen LogP contribution in [-0.2, 0) is 22.6 Å². The molecule has 0 aromatic heterocycles. The van der Waals surface area contributed by atoms with Crippen LogP contribution in [0.5, 0.6) is 0 Å². The number of benzene rings is 2. The van der Waals surface area contributed by atoms with E-state index in [-0.39, 0.29) is 18.2 Å². The van der Waals surface area contributed by atoms with Crippen molar-refractivity contribution in [3.63, 3.8) is 0 Å². The van der Waals surface area contributed by atoms with E-state index < -0.39 is 6.04 Å². The van der Waals surface area contributed by atoms with Crippen LogP contribution in [0, 0.1) is 5.92 Å². The van der Waals surface area contributed by atoms with Crippen LogP contribution in [0.2, 0.25) is 10.0 Å². The highest BCUT2D eigenvalue weighted by Gasteiger charge is 2.27. The van der Waals surface area contributed by atoms with Crippen LogP contribution in [0.25, 0.3) is 0 Å². The van der Waals surface area contributed by atoms with Gasteiger partial charge in [-0.05, 0) is 48.2 Å². The van der Waals surface area contributed by atoms with Crippen LogP contribution in [-0.4, -0.2) is 29.3 Å². The van der Waals surface area contributed by atoms with Crippen molar-refractivity contribution in [1.29, 1.82) is 0 Å². The van der Waals surface area contributed by atoms with Crippen molar-refractivity contribution in [3.8, 4) is 0 Å². The van der Waals surface area contributed by atoms with Gasteiger partial charge in [0, 0.05) is 27.6 Å². The second kappa shape index (κ2) is 11.0. The van der Waals surface area contributed by atoms with E-state index in [2.05, 4.69) is 21.2 Å². The fourth-order valence-corrected chi connectivity index (χ4v) is 3.80. The third-order valence-corrected chi connectivity index (χ3v) is 5.68. The van der Waals surface area contributed by atoms with Crippen molar-refractivity contribution in [2.24, 2.45) is 5.92 Å².